The number of anilines is 1. The first-order valence-electron chi connectivity index (χ1n) is 5.37. The quantitative estimate of drug-likeness (QED) is 0.832. The lowest BCUT2D eigenvalue weighted by Gasteiger charge is -2.21. The summed E-state index contributed by atoms with van der Waals surface area (Å²) in [5.41, 5.74) is 0.529. The molecular formula is C12H16N4O. The molecule has 0 aliphatic heterocycles. The molecule has 1 amide bonds. The minimum Gasteiger partial charge on any atom is -0.359 e. The van der Waals surface area contributed by atoms with Gasteiger partial charge in [0.2, 0.25) is 5.91 Å². The number of rotatable bonds is 4. The zero-order valence-corrected chi connectivity index (χ0v) is 10.3. The fourth-order valence-electron chi connectivity index (χ4n) is 1.51. The van der Waals surface area contributed by atoms with E-state index in [-0.39, 0.29) is 11.8 Å². The van der Waals surface area contributed by atoms with Gasteiger partial charge in [-0.1, -0.05) is 6.92 Å². The molecule has 1 atom stereocenters. The summed E-state index contributed by atoms with van der Waals surface area (Å²) in [6, 6.07) is 5.50. The molecule has 1 N–H and O–H groups in total. The second kappa shape index (κ2) is 5.85. The van der Waals surface area contributed by atoms with Crippen LogP contribution in [0.5, 0.6) is 0 Å². The standard InChI is InChI=1S/C12H16N4O/c1-9(12(17)14-2)8-16(3)11-5-4-10(6-13)7-15-11/h4-5,7,9H,8H2,1-3H3,(H,14,17). The predicted molar refractivity (Wildman–Crippen MR) is 65.5 cm³/mol. The summed E-state index contributed by atoms with van der Waals surface area (Å²) in [4.78, 5) is 17.4. The summed E-state index contributed by atoms with van der Waals surface area (Å²) in [6.07, 6.45) is 1.52. The van der Waals surface area contributed by atoms with Gasteiger partial charge in [-0.2, -0.15) is 5.26 Å². The largest absolute Gasteiger partial charge is 0.359 e. The third-order valence-corrected chi connectivity index (χ3v) is 2.51. The van der Waals surface area contributed by atoms with E-state index in [2.05, 4.69) is 10.3 Å². The Bertz CT molecular complexity index is 421. The Morgan fingerprint density at radius 2 is 2.35 bits per heavy atom. The van der Waals surface area contributed by atoms with Crippen LogP contribution in [0.2, 0.25) is 0 Å². The van der Waals surface area contributed by atoms with Gasteiger partial charge in [-0.3, -0.25) is 4.79 Å². The molecule has 1 aromatic heterocycles. The van der Waals surface area contributed by atoms with Crippen molar-refractivity contribution in [1.82, 2.24) is 10.3 Å². The smallest absolute Gasteiger partial charge is 0.224 e. The Kier molecular flexibility index (Phi) is 4.46. The van der Waals surface area contributed by atoms with Crippen LogP contribution in [0, 0.1) is 17.2 Å². The van der Waals surface area contributed by atoms with Gasteiger partial charge in [0.05, 0.1) is 11.5 Å². The molecular weight excluding hydrogens is 216 g/mol. The monoisotopic (exact) mass is 232 g/mol. The molecule has 0 aliphatic carbocycles. The number of pyridine rings is 1. The SMILES string of the molecule is CNC(=O)C(C)CN(C)c1ccc(C#N)cn1. The molecule has 0 radical (unpaired) electrons. The first-order chi connectivity index (χ1) is 8.08. The fraction of sp³-hybridized carbons (Fsp3) is 0.417. The molecule has 1 unspecified atom stereocenters. The number of hydrogen-bond acceptors (Lipinski definition) is 4. The van der Waals surface area contributed by atoms with E-state index in [9.17, 15) is 4.79 Å². The molecule has 0 fully saturated rings. The molecule has 0 saturated carbocycles. The maximum absolute atomic E-state index is 11.4. The minimum atomic E-state index is -0.109. The summed E-state index contributed by atoms with van der Waals surface area (Å²) in [7, 11) is 3.49. The molecule has 0 bridgehead atoms. The molecule has 17 heavy (non-hydrogen) atoms. The van der Waals surface area contributed by atoms with E-state index in [1.807, 2.05) is 24.9 Å². The van der Waals surface area contributed by atoms with Crippen LogP contribution in [0.25, 0.3) is 0 Å². The zero-order chi connectivity index (χ0) is 12.8. The van der Waals surface area contributed by atoms with Gasteiger partial charge >= 0.3 is 0 Å². The van der Waals surface area contributed by atoms with Gasteiger partial charge in [-0.05, 0) is 12.1 Å². The van der Waals surface area contributed by atoms with E-state index >= 15 is 0 Å². The van der Waals surface area contributed by atoms with Crippen LogP contribution in [-0.4, -0.2) is 31.5 Å². The van der Waals surface area contributed by atoms with E-state index in [4.69, 9.17) is 5.26 Å². The van der Waals surface area contributed by atoms with E-state index < -0.39 is 0 Å². The highest BCUT2D eigenvalue weighted by Crippen LogP contribution is 2.11. The van der Waals surface area contributed by atoms with Crippen LogP contribution in [0.3, 0.4) is 0 Å². The highest BCUT2D eigenvalue weighted by molar-refractivity contribution is 5.78. The van der Waals surface area contributed by atoms with Crippen molar-refractivity contribution in [3.05, 3.63) is 23.9 Å². The van der Waals surface area contributed by atoms with E-state index in [1.165, 1.54) is 6.20 Å². The molecule has 0 spiro atoms. The third kappa shape index (κ3) is 3.45. The Morgan fingerprint density at radius 3 is 2.82 bits per heavy atom. The maximum Gasteiger partial charge on any atom is 0.224 e. The van der Waals surface area contributed by atoms with Gasteiger partial charge in [0.15, 0.2) is 0 Å². The predicted octanol–water partition coefficient (Wildman–Crippen LogP) is 0.772. The molecule has 90 valence electrons. The number of hydrogen-bond donors (Lipinski definition) is 1. The van der Waals surface area contributed by atoms with Gasteiger partial charge < -0.3 is 10.2 Å². The summed E-state index contributed by atoms with van der Waals surface area (Å²) in [6.45, 7) is 2.44. The minimum absolute atomic E-state index is 0.00509. The van der Waals surface area contributed by atoms with E-state index in [0.717, 1.165) is 5.82 Å². The first kappa shape index (κ1) is 13.0. The van der Waals surface area contributed by atoms with E-state index in [1.54, 1.807) is 19.2 Å². The summed E-state index contributed by atoms with van der Waals surface area (Å²) in [5, 5.41) is 11.3. The van der Waals surface area contributed by atoms with Gasteiger partial charge in [-0.25, -0.2) is 4.98 Å². The number of aromatic nitrogens is 1. The summed E-state index contributed by atoms with van der Waals surface area (Å²) < 4.78 is 0. The molecule has 1 aromatic rings. The average Bonchev–Trinajstić information content (AvgIpc) is 2.37. The van der Waals surface area contributed by atoms with Crippen LogP contribution in [0.4, 0.5) is 5.82 Å². The fourth-order valence-corrected chi connectivity index (χ4v) is 1.51. The summed E-state index contributed by atoms with van der Waals surface area (Å²) >= 11 is 0. The molecule has 0 saturated heterocycles. The van der Waals surface area contributed by atoms with Crippen molar-refractivity contribution in [3.63, 3.8) is 0 Å². The molecule has 0 aliphatic rings. The topological polar surface area (TPSA) is 69.0 Å². The van der Waals surface area contributed by atoms with Gasteiger partial charge in [0.1, 0.15) is 11.9 Å². The highest BCUT2D eigenvalue weighted by Gasteiger charge is 2.14. The Labute approximate surface area is 101 Å². The number of nitrogens with zero attached hydrogens (tertiary/aromatic N) is 3. The lowest BCUT2D eigenvalue weighted by atomic mass is 10.1. The van der Waals surface area contributed by atoms with Crippen LogP contribution >= 0.6 is 0 Å². The number of nitriles is 1. The Hall–Kier alpha value is -2.09. The maximum atomic E-state index is 11.4. The lowest BCUT2D eigenvalue weighted by Crippen LogP contribution is -2.34. The average molecular weight is 232 g/mol. The van der Waals surface area contributed by atoms with Crippen LogP contribution in [-0.2, 0) is 4.79 Å². The van der Waals surface area contributed by atoms with Crippen LogP contribution in [0.1, 0.15) is 12.5 Å². The number of nitrogens with one attached hydrogen (secondary N) is 1. The first-order valence-corrected chi connectivity index (χ1v) is 5.37. The van der Waals surface area contributed by atoms with Crippen LogP contribution < -0.4 is 10.2 Å². The molecule has 5 heteroatoms. The van der Waals surface area contributed by atoms with Gasteiger partial charge in [0.25, 0.3) is 0 Å². The highest BCUT2D eigenvalue weighted by atomic mass is 16.1. The van der Waals surface area contributed by atoms with Crippen molar-refractivity contribution in [3.8, 4) is 6.07 Å². The Morgan fingerprint density at radius 1 is 1.65 bits per heavy atom. The lowest BCUT2D eigenvalue weighted by molar-refractivity contribution is -0.123. The normalized spacial score (nSPS) is 11.4. The molecule has 1 heterocycles. The van der Waals surface area contributed by atoms with Gasteiger partial charge in [0, 0.05) is 26.8 Å². The van der Waals surface area contributed by atoms with Crippen molar-refractivity contribution in [2.45, 2.75) is 6.92 Å². The Balaban J connectivity index is 2.66. The third-order valence-electron chi connectivity index (χ3n) is 2.51. The second-order valence-electron chi connectivity index (χ2n) is 3.91. The second-order valence-corrected chi connectivity index (χ2v) is 3.91. The number of amides is 1. The zero-order valence-electron chi connectivity index (χ0n) is 10.3. The number of carbonyl (C=O) groups is 1. The molecule has 5 nitrogen and oxygen atoms in total. The molecule has 1 rings (SSSR count). The van der Waals surface area contributed by atoms with E-state index in [0.29, 0.717) is 12.1 Å². The van der Waals surface area contributed by atoms with Crippen molar-refractivity contribution >= 4 is 11.7 Å². The summed E-state index contributed by atoms with van der Waals surface area (Å²) in [5.74, 6) is 0.646. The van der Waals surface area contributed by atoms with Gasteiger partial charge in [-0.15, -0.1) is 0 Å². The van der Waals surface area contributed by atoms with Crippen LogP contribution in [0.15, 0.2) is 18.3 Å². The van der Waals surface area contributed by atoms with Crippen molar-refractivity contribution < 1.29 is 4.79 Å². The van der Waals surface area contributed by atoms with Crippen molar-refractivity contribution in [2.75, 3.05) is 25.5 Å². The van der Waals surface area contributed by atoms with Crippen molar-refractivity contribution in [1.29, 1.82) is 5.26 Å². The molecule has 0 aromatic carbocycles. The number of carbonyl (C=O) groups excluding carboxylic acids is 1. The van der Waals surface area contributed by atoms with Crippen molar-refractivity contribution in [2.24, 2.45) is 5.92 Å².